The second-order valence-electron chi connectivity index (χ2n) is 6.93. The third-order valence-electron chi connectivity index (χ3n) is 5.15. The zero-order chi connectivity index (χ0) is 21.1. The molecule has 1 N–H and O–H groups in total. The molecule has 3 heterocycles. The number of benzene rings is 1. The Bertz CT molecular complexity index is 1060. The van der Waals surface area contributed by atoms with Crippen molar-refractivity contribution in [3.63, 3.8) is 0 Å². The first kappa shape index (κ1) is 20.6. The van der Waals surface area contributed by atoms with Crippen molar-refractivity contribution < 1.29 is 9.53 Å². The number of carbonyl (C=O) groups is 1. The first-order valence-corrected chi connectivity index (χ1v) is 10.8. The van der Waals surface area contributed by atoms with Crippen molar-refractivity contribution in [1.82, 2.24) is 19.8 Å². The number of hydrogen-bond donors (Lipinski definition) is 1. The molecule has 1 fully saturated rings. The molecule has 0 saturated carbocycles. The van der Waals surface area contributed by atoms with Gasteiger partial charge < -0.3 is 19.5 Å². The van der Waals surface area contributed by atoms with Crippen LogP contribution in [0.1, 0.15) is 29.9 Å². The van der Waals surface area contributed by atoms with E-state index in [2.05, 4.69) is 53.9 Å². The van der Waals surface area contributed by atoms with Gasteiger partial charge in [-0.3, -0.25) is 9.78 Å². The van der Waals surface area contributed by atoms with Crippen molar-refractivity contribution in [3.8, 4) is 5.69 Å². The van der Waals surface area contributed by atoms with Crippen LogP contribution in [0, 0.1) is 0 Å². The summed E-state index contributed by atoms with van der Waals surface area (Å²) in [6.45, 7) is 0.455. The predicted molar refractivity (Wildman–Crippen MR) is 122 cm³/mol. The number of carbonyl (C=O) groups excluding carboxylic acids is 1. The second kappa shape index (κ2) is 8.97. The lowest BCUT2D eigenvalue weighted by Crippen LogP contribution is -2.32. The molecule has 154 valence electrons. The highest BCUT2D eigenvalue weighted by Crippen LogP contribution is 2.39. The topological polar surface area (TPSA) is 59.4 Å². The Morgan fingerprint density at radius 3 is 2.83 bits per heavy atom. The van der Waals surface area contributed by atoms with E-state index in [9.17, 15) is 4.79 Å². The lowest BCUT2D eigenvalue weighted by atomic mass is 10.0. The zero-order valence-electron chi connectivity index (χ0n) is 16.4. The van der Waals surface area contributed by atoms with Gasteiger partial charge in [-0.1, -0.05) is 28.1 Å². The van der Waals surface area contributed by atoms with Crippen molar-refractivity contribution >= 4 is 39.2 Å². The number of methoxy groups -OCH3 is 1. The average Bonchev–Trinajstić information content (AvgIpc) is 3.36. The molecule has 6 nitrogen and oxygen atoms in total. The summed E-state index contributed by atoms with van der Waals surface area (Å²) in [6, 6.07) is 17.8. The number of esters is 1. The molecule has 0 spiro atoms. The van der Waals surface area contributed by atoms with Crippen LogP contribution in [0.5, 0.6) is 0 Å². The first-order chi connectivity index (χ1) is 14.6. The molecule has 0 radical (unpaired) electrons. The molecule has 8 heteroatoms. The monoisotopic (exact) mass is 484 g/mol. The zero-order valence-corrected chi connectivity index (χ0v) is 18.8. The number of nitrogens with zero attached hydrogens (tertiary/aromatic N) is 3. The maximum absolute atomic E-state index is 11.8. The summed E-state index contributed by atoms with van der Waals surface area (Å²) < 4.78 is 7.99. The van der Waals surface area contributed by atoms with E-state index < -0.39 is 0 Å². The largest absolute Gasteiger partial charge is 0.469 e. The van der Waals surface area contributed by atoms with Crippen molar-refractivity contribution in [2.75, 3.05) is 13.7 Å². The van der Waals surface area contributed by atoms with Gasteiger partial charge in [-0.15, -0.1) is 0 Å². The molecule has 1 aliphatic rings. The van der Waals surface area contributed by atoms with E-state index in [4.69, 9.17) is 17.0 Å². The molecule has 0 amide bonds. The number of rotatable bonds is 6. The van der Waals surface area contributed by atoms with Gasteiger partial charge in [0.15, 0.2) is 5.11 Å². The number of hydrogen-bond acceptors (Lipinski definition) is 4. The summed E-state index contributed by atoms with van der Waals surface area (Å²) >= 11 is 9.21. The van der Waals surface area contributed by atoms with Crippen LogP contribution in [0.25, 0.3) is 5.69 Å². The maximum Gasteiger partial charge on any atom is 0.307 e. The van der Waals surface area contributed by atoms with Crippen molar-refractivity contribution in [2.45, 2.75) is 18.5 Å². The highest BCUT2D eigenvalue weighted by atomic mass is 79.9. The summed E-state index contributed by atoms with van der Waals surface area (Å²) in [6.07, 6.45) is 4.06. The van der Waals surface area contributed by atoms with Crippen molar-refractivity contribution in [3.05, 3.63) is 82.9 Å². The first-order valence-electron chi connectivity index (χ1n) is 9.56. The smallest absolute Gasteiger partial charge is 0.307 e. The van der Waals surface area contributed by atoms with Crippen LogP contribution in [-0.4, -0.2) is 39.2 Å². The molecule has 2 atom stereocenters. The summed E-state index contributed by atoms with van der Waals surface area (Å²) in [7, 11) is 1.40. The van der Waals surface area contributed by atoms with Gasteiger partial charge in [-0.2, -0.15) is 0 Å². The Morgan fingerprint density at radius 2 is 2.10 bits per heavy atom. The Kier molecular flexibility index (Phi) is 6.15. The Hall–Kier alpha value is -2.71. The summed E-state index contributed by atoms with van der Waals surface area (Å²) in [5, 5.41) is 4.01. The molecule has 4 rings (SSSR count). The SMILES string of the molecule is COC(=O)CCN1C(=S)N[C@@H](c2ccccn2)[C@@H]1c1cccn1-c1cccc(Br)c1. The van der Waals surface area contributed by atoms with Gasteiger partial charge in [0, 0.05) is 34.8 Å². The number of nitrogens with one attached hydrogen (secondary N) is 1. The highest BCUT2D eigenvalue weighted by Gasteiger charge is 2.41. The van der Waals surface area contributed by atoms with Gasteiger partial charge in [-0.05, 0) is 54.7 Å². The van der Waals surface area contributed by atoms with E-state index in [0.29, 0.717) is 11.7 Å². The van der Waals surface area contributed by atoms with Gasteiger partial charge in [0.05, 0.1) is 31.3 Å². The summed E-state index contributed by atoms with van der Waals surface area (Å²) in [4.78, 5) is 18.4. The number of halogens is 1. The Balaban J connectivity index is 1.76. The minimum Gasteiger partial charge on any atom is -0.469 e. The number of aromatic nitrogens is 2. The number of pyridine rings is 1. The van der Waals surface area contributed by atoms with E-state index in [1.807, 2.05) is 42.6 Å². The molecule has 1 aliphatic heterocycles. The van der Waals surface area contributed by atoms with Gasteiger partial charge in [0.1, 0.15) is 0 Å². The quantitative estimate of drug-likeness (QED) is 0.418. The molecule has 3 aromatic rings. The molecule has 1 aromatic carbocycles. The fraction of sp³-hybridized carbons (Fsp3) is 0.227. The number of thiocarbonyl (C=S) groups is 1. The Morgan fingerprint density at radius 1 is 1.23 bits per heavy atom. The van der Waals surface area contributed by atoms with Crippen molar-refractivity contribution in [2.24, 2.45) is 0 Å². The molecule has 1 saturated heterocycles. The van der Waals surface area contributed by atoms with Crippen LogP contribution in [0.2, 0.25) is 0 Å². The van der Waals surface area contributed by atoms with Gasteiger partial charge in [-0.25, -0.2) is 0 Å². The van der Waals surface area contributed by atoms with Crippen LogP contribution in [-0.2, 0) is 9.53 Å². The number of ether oxygens (including phenoxy) is 1. The van der Waals surface area contributed by atoms with Crippen LogP contribution >= 0.6 is 28.1 Å². The normalized spacial score (nSPS) is 18.3. The third kappa shape index (κ3) is 4.11. The van der Waals surface area contributed by atoms with Gasteiger partial charge in [0.2, 0.25) is 0 Å². The minimum absolute atomic E-state index is 0.133. The summed E-state index contributed by atoms with van der Waals surface area (Å²) in [5.74, 6) is -0.264. The second-order valence-corrected chi connectivity index (χ2v) is 8.23. The average molecular weight is 485 g/mol. The predicted octanol–water partition coefficient (Wildman–Crippen LogP) is 4.17. The van der Waals surface area contributed by atoms with Crippen LogP contribution < -0.4 is 5.32 Å². The minimum atomic E-state index is -0.264. The van der Waals surface area contributed by atoms with E-state index in [1.54, 1.807) is 6.20 Å². The molecule has 30 heavy (non-hydrogen) atoms. The molecular formula is C22H21BrN4O2S. The molecule has 0 bridgehead atoms. The van der Waals surface area contributed by atoms with Crippen LogP contribution in [0.4, 0.5) is 0 Å². The molecule has 0 aliphatic carbocycles. The summed E-state index contributed by atoms with van der Waals surface area (Å²) in [5.41, 5.74) is 2.99. The van der Waals surface area contributed by atoms with Gasteiger partial charge in [0.25, 0.3) is 0 Å². The standard InChI is InChI=1S/C22H21BrN4O2S/c1-29-19(28)10-13-27-21(20(25-22(27)30)17-8-2-3-11-24-17)18-9-5-12-26(18)16-7-4-6-15(23)14-16/h2-9,11-12,14,20-21H,10,13H2,1H3,(H,25,30)/t20-,21-/m0/s1. The van der Waals surface area contributed by atoms with E-state index in [0.717, 1.165) is 21.5 Å². The molecular weight excluding hydrogens is 464 g/mol. The fourth-order valence-electron chi connectivity index (χ4n) is 3.78. The lowest BCUT2D eigenvalue weighted by Gasteiger charge is -2.28. The van der Waals surface area contributed by atoms with Crippen LogP contribution in [0.3, 0.4) is 0 Å². The highest BCUT2D eigenvalue weighted by molar-refractivity contribution is 9.10. The lowest BCUT2D eigenvalue weighted by molar-refractivity contribution is -0.140. The molecule has 0 unspecified atom stereocenters. The maximum atomic E-state index is 11.8. The van der Waals surface area contributed by atoms with Gasteiger partial charge >= 0.3 is 5.97 Å². The van der Waals surface area contributed by atoms with Crippen LogP contribution in [0.15, 0.2) is 71.5 Å². The van der Waals surface area contributed by atoms with E-state index in [1.165, 1.54) is 7.11 Å². The molecule has 2 aromatic heterocycles. The van der Waals surface area contributed by atoms with E-state index in [-0.39, 0.29) is 24.5 Å². The van der Waals surface area contributed by atoms with Crippen molar-refractivity contribution in [1.29, 1.82) is 0 Å². The Labute approximate surface area is 189 Å². The van der Waals surface area contributed by atoms with E-state index >= 15 is 0 Å². The fourth-order valence-corrected chi connectivity index (χ4v) is 4.50. The third-order valence-corrected chi connectivity index (χ3v) is 6.00.